The van der Waals surface area contributed by atoms with Gasteiger partial charge in [-0.25, -0.2) is 9.59 Å². The Morgan fingerprint density at radius 1 is 1.00 bits per heavy atom. The van der Waals surface area contributed by atoms with Crippen LogP contribution < -0.4 is 11.1 Å². The quantitative estimate of drug-likeness (QED) is 0.355. The van der Waals surface area contributed by atoms with Crippen LogP contribution in [0.1, 0.15) is 47.5 Å². The molecule has 3 N–H and O–H groups in total. The first-order chi connectivity index (χ1) is 12.5. The molecule has 0 aromatic carbocycles. The molecule has 0 aromatic heterocycles. The highest BCUT2D eigenvalue weighted by Crippen LogP contribution is 2.07. The van der Waals surface area contributed by atoms with Crippen LogP contribution in [0.15, 0.2) is 25.3 Å². The first kappa shape index (κ1) is 26.9. The molecule has 0 spiro atoms. The zero-order valence-electron chi connectivity index (χ0n) is 17.1. The zero-order chi connectivity index (χ0) is 21.5. The summed E-state index contributed by atoms with van der Waals surface area (Å²) in [7, 11) is 0. The maximum atomic E-state index is 11.5. The van der Waals surface area contributed by atoms with Crippen molar-refractivity contribution in [3.8, 4) is 0 Å². The Morgan fingerprint density at radius 2 is 1.48 bits per heavy atom. The lowest BCUT2D eigenvalue weighted by atomic mass is 10.2. The monoisotopic (exact) mass is 386 g/mol. The third kappa shape index (κ3) is 15.6. The maximum Gasteiger partial charge on any atom is 0.408 e. The number of hydrogen-bond acceptors (Lipinski definition) is 7. The number of alkyl carbamates (subject to hydrolysis) is 1. The summed E-state index contributed by atoms with van der Waals surface area (Å²) in [5, 5.41) is 2.45. The highest BCUT2D eigenvalue weighted by atomic mass is 16.6. The van der Waals surface area contributed by atoms with E-state index in [-0.39, 0.29) is 12.6 Å². The van der Waals surface area contributed by atoms with Crippen LogP contribution in [0.25, 0.3) is 0 Å². The van der Waals surface area contributed by atoms with Crippen molar-refractivity contribution >= 4 is 18.0 Å². The molecular formula is C19H34N2O6. The third-order valence-electron chi connectivity index (χ3n) is 2.67. The number of carbonyl (C=O) groups is 3. The van der Waals surface area contributed by atoms with Crippen LogP contribution in [-0.4, -0.2) is 48.9 Å². The molecule has 0 rings (SSSR count). The zero-order valence-corrected chi connectivity index (χ0v) is 17.1. The first-order valence-electron chi connectivity index (χ1n) is 8.82. The minimum Gasteiger partial charge on any atom is -0.465 e. The third-order valence-corrected chi connectivity index (χ3v) is 2.67. The molecule has 0 aliphatic heterocycles. The van der Waals surface area contributed by atoms with Gasteiger partial charge in [0.1, 0.15) is 17.7 Å². The molecule has 2 atom stereocenters. The van der Waals surface area contributed by atoms with Crippen molar-refractivity contribution in [2.75, 3.05) is 13.2 Å². The summed E-state index contributed by atoms with van der Waals surface area (Å²) in [5.41, 5.74) is 4.77. The second-order valence-electron chi connectivity index (χ2n) is 6.36. The lowest BCUT2D eigenvalue weighted by molar-refractivity contribution is -0.146. The van der Waals surface area contributed by atoms with Crippen LogP contribution in [0, 0.1) is 0 Å². The number of nitrogens with one attached hydrogen (secondary N) is 1. The van der Waals surface area contributed by atoms with E-state index in [1.807, 2.05) is 0 Å². The lowest BCUT2D eigenvalue weighted by Crippen LogP contribution is -2.44. The van der Waals surface area contributed by atoms with Crippen LogP contribution in [0.4, 0.5) is 4.79 Å². The number of hydrogen-bond donors (Lipinski definition) is 2. The van der Waals surface area contributed by atoms with Gasteiger partial charge in [-0.15, -0.1) is 13.2 Å². The molecule has 2 unspecified atom stereocenters. The van der Waals surface area contributed by atoms with Gasteiger partial charge in [0.2, 0.25) is 0 Å². The van der Waals surface area contributed by atoms with Crippen molar-refractivity contribution in [3.63, 3.8) is 0 Å². The fourth-order valence-electron chi connectivity index (χ4n) is 1.60. The van der Waals surface area contributed by atoms with Gasteiger partial charge in [0, 0.05) is 0 Å². The van der Waals surface area contributed by atoms with Gasteiger partial charge >= 0.3 is 18.0 Å². The summed E-state index contributed by atoms with van der Waals surface area (Å²) in [6.45, 7) is 16.3. The summed E-state index contributed by atoms with van der Waals surface area (Å²) in [6, 6.07) is -1.29. The number of nitrogens with two attached hydrogens (primary N) is 1. The second kappa shape index (κ2) is 14.8. The fourth-order valence-corrected chi connectivity index (χ4v) is 1.60. The molecule has 0 saturated heterocycles. The summed E-state index contributed by atoms with van der Waals surface area (Å²) in [4.78, 5) is 33.7. The van der Waals surface area contributed by atoms with Gasteiger partial charge in [-0.05, 0) is 47.5 Å². The molecule has 1 amide bonds. The molecule has 0 aliphatic rings. The Kier molecular flexibility index (Phi) is 14.7. The highest BCUT2D eigenvalue weighted by Gasteiger charge is 2.24. The number of rotatable bonds is 9. The lowest BCUT2D eigenvalue weighted by Gasteiger charge is -2.22. The average Bonchev–Trinajstić information content (AvgIpc) is 2.54. The summed E-state index contributed by atoms with van der Waals surface area (Å²) in [6.07, 6.45) is 3.27. The summed E-state index contributed by atoms with van der Waals surface area (Å²) in [5.74, 6) is -0.847. The van der Waals surface area contributed by atoms with Crippen LogP contribution in [-0.2, 0) is 23.8 Å². The van der Waals surface area contributed by atoms with Gasteiger partial charge in [-0.3, -0.25) is 4.79 Å². The molecule has 0 aliphatic carbocycles. The van der Waals surface area contributed by atoms with E-state index in [1.165, 1.54) is 0 Å². The minimum atomic E-state index is -0.748. The van der Waals surface area contributed by atoms with E-state index in [0.29, 0.717) is 19.4 Å². The van der Waals surface area contributed by atoms with Gasteiger partial charge in [0.25, 0.3) is 0 Å². The van der Waals surface area contributed by atoms with E-state index >= 15 is 0 Å². The van der Waals surface area contributed by atoms with Gasteiger partial charge in [-0.1, -0.05) is 12.2 Å². The van der Waals surface area contributed by atoms with E-state index in [9.17, 15) is 14.4 Å². The van der Waals surface area contributed by atoms with E-state index in [0.717, 1.165) is 0 Å². The largest absolute Gasteiger partial charge is 0.465 e. The van der Waals surface area contributed by atoms with E-state index < -0.39 is 29.7 Å². The Balaban J connectivity index is 0. The molecule has 0 radical (unpaired) electrons. The molecule has 0 heterocycles. The van der Waals surface area contributed by atoms with Crippen molar-refractivity contribution < 1.29 is 28.6 Å². The maximum absolute atomic E-state index is 11.5. The number of ether oxygens (including phenoxy) is 3. The summed E-state index contributed by atoms with van der Waals surface area (Å²) >= 11 is 0. The molecule has 0 bridgehead atoms. The smallest absolute Gasteiger partial charge is 0.408 e. The molecule has 27 heavy (non-hydrogen) atoms. The van der Waals surface area contributed by atoms with Crippen molar-refractivity contribution in [2.24, 2.45) is 5.73 Å². The molecule has 8 heteroatoms. The Labute approximate surface area is 162 Å². The predicted molar refractivity (Wildman–Crippen MR) is 104 cm³/mol. The van der Waals surface area contributed by atoms with Gasteiger partial charge in [0.15, 0.2) is 0 Å². The topological polar surface area (TPSA) is 117 Å². The van der Waals surface area contributed by atoms with Gasteiger partial charge in [-0.2, -0.15) is 0 Å². The normalized spacial score (nSPS) is 12.4. The minimum absolute atomic E-state index is 0.266. The summed E-state index contributed by atoms with van der Waals surface area (Å²) < 4.78 is 14.5. The number of esters is 2. The van der Waals surface area contributed by atoms with Crippen LogP contribution in [0.2, 0.25) is 0 Å². The fraction of sp³-hybridized carbons (Fsp3) is 0.632. The Morgan fingerprint density at radius 3 is 1.89 bits per heavy atom. The Bertz CT molecular complexity index is 485. The molecular weight excluding hydrogens is 352 g/mol. The second-order valence-corrected chi connectivity index (χ2v) is 6.36. The Hall–Kier alpha value is -2.35. The molecule has 0 fully saturated rings. The average molecular weight is 386 g/mol. The molecule has 0 aromatic rings. The number of amides is 1. The van der Waals surface area contributed by atoms with Crippen LogP contribution in [0.3, 0.4) is 0 Å². The van der Waals surface area contributed by atoms with Crippen molar-refractivity contribution in [1.29, 1.82) is 0 Å². The highest BCUT2D eigenvalue weighted by molar-refractivity contribution is 5.81. The van der Waals surface area contributed by atoms with Gasteiger partial charge < -0.3 is 25.3 Å². The molecule has 156 valence electrons. The molecule has 0 saturated carbocycles. The molecule has 8 nitrogen and oxygen atoms in total. The number of carbonyl (C=O) groups excluding carboxylic acids is 3. The standard InChI is InChI=1S/C12H21NO4.C7H13NO2/c1-6-8-9(10(14)16-7-2)13-11(15)17-12(3,4)5;1-3-5-6(8)7(9)10-4-2/h6,9H,1,7-8H2,2-5H3,(H,13,15);3,6H,1,4-5,8H2,2H3. The van der Waals surface area contributed by atoms with Crippen LogP contribution in [0.5, 0.6) is 0 Å². The van der Waals surface area contributed by atoms with Crippen molar-refractivity contribution in [2.45, 2.75) is 65.1 Å². The van der Waals surface area contributed by atoms with Crippen LogP contribution >= 0.6 is 0 Å². The predicted octanol–water partition coefficient (Wildman–Crippen LogP) is 2.47. The first-order valence-corrected chi connectivity index (χ1v) is 8.82. The van der Waals surface area contributed by atoms with Crippen molar-refractivity contribution in [3.05, 3.63) is 25.3 Å². The van der Waals surface area contributed by atoms with E-state index in [1.54, 1.807) is 46.8 Å². The van der Waals surface area contributed by atoms with E-state index in [4.69, 9.17) is 15.2 Å². The van der Waals surface area contributed by atoms with Gasteiger partial charge in [0.05, 0.1) is 13.2 Å². The van der Waals surface area contributed by atoms with Crippen molar-refractivity contribution in [1.82, 2.24) is 5.32 Å². The SMILES string of the molecule is C=CCC(N)C(=O)OCC.C=CCC(NC(=O)OC(C)(C)C)C(=O)OCC. The van der Waals surface area contributed by atoms with E-state index in [2.05, 4.69) is 23.2 Å².